The molecule has 0 aliphatic carbocycles. The maximum absolute atomic E-state index is 13.0. The molecule has 0 fully saturated rings. The Labute approximate surface area is 168 Å². The lowest BCUT2D eigenvalue weighted by Gasteiger charge is -2.27. The summed E-state index contributed by atoms with van der Waals surface area (Å²) < 4.78 is 0. The lowest BCUT2D eigenvalue weighted by atomic mass is 10.1. The van der Waals surface area contributed by atoms with Crippen molar-refractivity contribution in [3.63, 3.8) is 0 Å². The van der Waals surface area contributed by atoms with Crippen LogP contribution in [0.1, 0.15) is 44.4 Å². The predicted octanol–water partition coefficient (Wildman–Crippen LogP) is 5.09. The van der Waals surface area contributed by atoms with Crippen LogP contribution in [0.3, 0.4) is 0 Å². The molecule has 1 aliphatic heterocycles. The number of thiophene rings is 1. The van der Waals surface area contributed by atoms with Gasteiger partial charge in [-0.1, -0.05) is 36.4 Å². The van der Waals surface area contributed by atoms with Gasteiger partial charge in [0.25, 0.3) is 5.91 Å². The molecule has 0 spiro atoms. The summed E-state index contributed by atoms with van der Waals surface area (Å²) in [6.45, 7) is 4.57. The number of anilines is 1. The van der Waals surface area contributed by atoms with Gasteiger partial charge in [-0.3, -0.25) is 9.59 Å². The first kappa shape index (κ1) is 18.4. The maximum atomic E-state index is 13.0. The van der Waals surface area contributed by atoms with E-state index in [-0.39, 0.29) is 24.3 Å². The van der Waals surface area contributed by atoms with Crippen LogP contribution in [0, 0.1) is 13.8 Å². The zero-order valence-corrected chi connectivity index (χ0v) is 16.8. The Balaban J connectivity index is 1.57. The zero-order valence-electron chi connectivity index (χ0n) is 15.9. The number of rotatable bonds is 5. The van der Waals surface area contributed by atoms with Crippen molar-refractivity contribution in [3.05, 3.63) is 87.1 Å². The highest BCUT2D eigenvalue weighted by Crippen LogP contribution is 2.35. The van der Waals surface area contributed by atoms with Crippen molar-refractivity contribution in [2.75, 3.05) is 5.32 Å². The van der Waals surface area contributed by atoms with Crippen LogP contribution in [-0.4, -0.2) is 16.7 Å². The van der Waals surface area contributed by atoms with E-state index in [0.29, 0.717) is 6.54 Å². The smallest absolute Gasteiger partial charge is 0.255 e. The van der Waals surface area contributed by atoms with Crippen molar-refractivity contribution >= 4 is 28.8 Å². The van der Waals surface area contributed by atoms with Crippen molar-refractivity contribution in [3.8, 4) is 0 Å². The molecule has 1 N–H and O–H groups in total. The van der Waals surface area contributed by atoms with Crippen LogP contribution in [0.25, 0.3) is 0 Å². The van der Waals surface area contributed by atoms with Gasteiger partial charge in [0, 0.05) is 22.7 Å². The number of fused-ring (bicyclic) bond motifs is 1. The van der Waals surface area contributed by atoms with Crippen LogP contribution >= 0.6 is 11.3 Å². The second kappa shape index (κ2) is 7.60. The molecule has 2 amide bonds. The number of aryl methyl sites for hydroxylation is 1. The standard InChI is InChI=1S/C23H22N2O2S/c1-15-7-5-10-19(16(15)2)24-22(26)13-20(21-11-6-12-28-21)25-14-17-8-3-4-9-18(17)23(25)27/h3-12,20H,13-14H2,1-2H3,(H,24,26)/t20-/m0/s1. The Hall–Kier alpha value is -2.92. The molecule has 2 aromatic carbocycles. The molecule has 1 atom stereocenters. The van der Waals surface area contributed by atoms with Crippen molar-refractivity contribution in [1.82, 2.24) is 4.90 Å². The first-order valence-electron chi connectivity index (χ1n) is 9.33. The SMILES string of the molecule is Cc1cccc(NC(=O)C[C@@H](c2cccs2)N2Cc3ccccc3C2=O)c1C. The van der Waals surface area contributed by atoms with Crippen molar-refractivity contribution in [1.29, 1.82) is 0 Å². The Bertz CT molecular complexity index is 1030. The van der Waals surface area contributed by atoms with Gasteiger partial charge in [-0.15, -0.1) is 11.3 Å². The normalized spacial score (nSPS) is 14.1. The molecule has 0 saturated heterocycles. The maximum Gasteiger partial charge on any atom is 0.255 e. The fourth-order valence-corrected chi connectivity index (χ4v) is 4.48. The summed E-state index contributed by atoms with van der Waals surface area (Å²) in [5.41, 5.74) is 4.78. The number of nitrogens with zero attached hydrogens (tertiary/aromatic N) is 1. The largest absolute Gasteiger partial charge is 0.326 e. The van der Waals surface area contributed by atoms with Gasteiger partial charge in [0.1, 0.15) is 0 Å². The van der Waals surface area contributed by atoms with Crippen LogP contribution in [0.4, 0.5) is 5.69 Å². The molecule has 1 aliphatic rings. The Morgan fingerprint density at radius 3 is 2.68 bits per heavy atom. The van der Waals surface area contributed by atoms with E-state index in [0.717, 1.165) is 32.8 Å². The van der Waals surface area contributed by atoms with Gasteiger partial charge in [-0.2, -0.15) is 0 Å². The van der Waals surface area contributed by atoms with E-state index in [9.17, 15) is 9.59 Å². The number of amides is 2. The van der Waals surface area contributed by atoms with Crippen molar-refractivity contribution < 1.29 is 9.59 Å². The first-order valence-corrected chi connectivity index (χ1v) is 10.2. The molecule has 0 bridgehead atoms. The summed E-state index contributed by atoms with van der Waals surface area (Å²) in [7, 11) is 0. The van der Waals surface area contributed by atoms with Crippen LogP contribution in [-0.2, 0) is 11.3 Å². The Morgan fingerprint density at radius 1 is 1.11 bits per heavy atom. The van der Waals surface area contributed by atoms with Gasteiger partial charge in [0.15, 0.2) is 0 Å². The molecule has 4 nitrogen and oxygen atoms in total. The van der Waals surface area contributed by atoms with Crippen LogP contribution < -0.4 is 5.32 Å². The number of benzene rings is 2. The van der Waals surface area contributed by atoms with E-state index < -0.39 is 0 Å². The number of hydrogen-bond acceptors (Lipinski definition) is 3. The van der Waals surface area contributed by atoms with E-state index in [4.69, 9.17) is 0 Å². The summed E-state index contributed by atoms with van der Waals surface area (Å²) in [6, 6.07) is 17.2. The highest BCUT2D eigenvalue weighted by Gasteiger charge is 2.34. The molecule has 28 heavy (non-hydrogen) atoms. The number of carbonyl (C=O) groups excluding carboxylic acids is 2. The van der Waals surface area contributed by atoms with Gasteiger partial charge >= 0.3 is 0 Å². The van der Waals surface area contributed by atoms with Gasteiger partial charge in [0.2, 0.25) is 5.91 Å². The minimum atomic E-state index is -0.273. The molecule has 0 saturated carbocycles. The number of nitrogens with one attached hydrogen (secondary N) is 1. The zero-order chi connectivity index (χ0) is 19.7. The molecule has 4 rings (SSSR count). The fourth-order valence-electron chi connectivity index (χ4n) is 3.64. The average Bonchev–Trinajstić information content (AvgIpc) is 3.33. The monoisotopic (exact) mass is 390 g/mol. The summed E-state index contributed by atoms with van der Waals surface area (Å²) >= 11 is 1.58. The highest BCUT2D eigenvalue weighted by atomic mass is 32.1. The number of carbonyl (C=O) groups is 2. The second-order valence-electron chi connectivity index (χ2n) is 7.12. The van der Waals surface area contributed by atoms with Gasteiger partial charge < -0.3 is 10.2 Å². The van der Waals surface area contributed by atoms with E-state index in [1.807, 2.05) is 78.7 Å². The fraction of sp³-hybridized carbons (Fsp3) is 0.217. The van der Waals surface area contributed by atoms with Crippen LogP contribution in [0.2, 0.25) is 0 Å². The summed E-state index contributed by atoms with van der Waals surface area (Å²) in [5, 5.41) is 5.02. The third-order valence-corrected chi connectivity index (χ3v) is 6.33. The van der Waals surface area contributed by atoms with Gasteiger partial charge in [0.05, 0.1) is 12.5 Å². The average molecular weight is 391 g/mol. The highest BCUT2D eigenvalue weighted by molar-refractivity contribution is 7.10. The molecule has 1 aromatic heterocycles. The van der Waals surface area contributed by atoms with Crippen molar-refractivity contribution in [2.24, 2.45) is 0 Å². The van der Waals surface area contributed by atoms with E-state index in [1.165, 1.54) is 0 Å². The molecule has 0 radical (unpaired) electrons. The van der Waals surface area contributed by atoms with Gasteiger partial charge in [-0.05, 0) is 54.1 Å². The molecular formula is C23H22N2O2S. The summed E-state index contributed by atoms with van der Waals surface area (Å²) in [6.07, 6.45) is 0.230. The minimum absolute atomic E-state index is 0.00599. The molecule has 142 valence electrons. The molecular weight excluding hydrogens is 368 g/mol. The van der Waals surface area contributed by atoms with Crippen LogP contribution in [0.15, 0.2) is 60.0 Å². The van der Waals surface area contributed by atoms with Crippen molar-refractivity contribution in [2.45, 2.75) is 32.9 Å². The predicted molar refractivity (Wildman–Crippen MR) is 113 cm³/mol. The molecule has 0 unspecified atom stereocenters. The van der Waals surface area contributed by atoms with E-state index in [1.54, 1.807) is 11.3 Å². The third kappa shape index (κ3) is 3.45. The van der Waals surface area contributed by atoms with Gasteiger partial charge in [-0.25, -0.2) is 0 Å². The molecule has 2 heterocycles. The quantitative estimate of drug-likeness (QED) is 0.660. The third-order valence-electron chi connectivity index (χ3n) is 5.35. The lowest BCUT2D eigenvalue weighted by Crippen LogP contribution is -2.31. The first-order chi connectivity index (χ1) is 13.5. The molecule has 3 aromatic rings. The Morgan fingerprint density at radius 2 is 1.93 bits per heavy atom. The minimum Gasteiger partial charge on any atom is -0.326 e. The lowest BCUT2D eigenvalue weighted by molar-refractivity contribution is -0.117. The Kier molecular flexibility index (Phi) is 5.01. The van der Waals surface area contributed by atoms with E-state index in [2.05, 4.69) is 5.32 Å². The summed E-state index contributed by atoms with van der Waals surface area (Å²) in [5.74, 6) is -0.0932. The molecule has 5 heteroatoms. The topological polar surface area (TPSA) is 49.4 Å². The summed E-state index contributed by atoms with van der Waals surface area (Å²) in [4.78, 5) is 28.7. The van der Waals surface area contributed by atoms with E-state index >= 15 is 0 Å². The second-order valence-corrected chi connectivity index (χ2v) is 8.10. The number of hydrogen-bond donors (Lipinski definition) is 1. The van der Waals surface area contributed by atoms with Crippen LogP contribution in [0.5, 0.6) is 0 Å².